The molecule has 5 heteroatoms. The van der Waals surface area contributed by atoms with E-state index in [9.17, 15) is 0 Å². The van der Waals surface area contributed by atoms with E-state index in [1.165, 1.54) is 11.1 Å². The third kappa shape index (κ3) is 3.42. The van der Waals surface area contributed by atoms with Gasteiger partial charge in [0.25, 0.3) is 0 Å². The molecular formula is C12H13BrN4. The second-order valence-electron chi connectivity index (χ2n) is 3.78. The molecule has 3 N–H and O–H groups in total. The summed E-state index contributed by atoms with van der Waals surface area (Å²) in [5, 5.41) is 3.14. The summed E-state index contributed by atoms with van der Waals surface area (Å²) < 4.78 is 0.678. The van der Waals surface area contributed by atoms with Crippen LogP contribution in [0.2, 0.25) is 0 Å². The van der Waals surface area contributed by atoms with Gasteiger partial charge in [0.15, 0.2) is 0 Å². The van der Waals surface area contributed by atoms with Gasteiger partial charge in [0, 0.05) is 12.6 Å². The van der Waals surface area contributed by atoms with Gasteiger partial charge in [-0.15, -0.1) is 0 Å². The average Bonchev–Trinajstić information content (AvgIpc) is 2.25. The van der Waals surface area contributed by atoms with E-state index in [4.69, 9.17) is 5.73 Å². The highest BCUT2D eigenvalue weighted by Gasteiger charge is 2.00. The Labute approximate surface area is 108 Å². The Hall–Kier alpha value is -1.62. The van der Waals surface area contributed by atoms with Crippen molar-refractivity contribution in [1.29, 1.82) is 0 Å². The first-order valence-electron chi connectivity index (χ1n) is 5.23. The topological polar surface area (TPSA) is 63.8 Å². The van der Waals surface area contributed by atoms with Crippen LogP contribution in [0.5, 0.6) is 0 Å². The lowest BCUT2D eigenvalue weighted by molar-refractivity contribution is 1.04. The summed E-state index contributed by atoms with van der Waals surface area (Å²) in [4.78, 5) is 8.28. The maximum absolute atomic E-state index is 5.63. The van der Waals surface area contributed by atoms with E-state index in [0.29, 0.717) is 22.9 Å². The Morgan fingerprint density at radius 1 is 1.29 bits per heavy atom. The molecule has 0 saturated heterocycles. The summed E-state index contributed by atoms with van der Waals surface area (Å²) in [5.41, 5.74) is 8.05. The molecule has 0 unspecified atom stereocenters. The minimum atomic E-state index is 0.443. The van der Waals surface area contributed by atoms with Crippen LogP contribution in [0, 0.1) is 6.92 Å². The Balaban J connectivity index is 2.07. The number of anilines is 2. The van der Waals surface area contributed by atoms with Gasteiger partial charge in [-0.05, 0) is 28.4 Å². The number of rotatable bonds is 3. The molecule has 0 saturated carbocycles. The van der Waals surface area contributed by atoms with Crippen LogP contribution in [0.4, 0.5) is 11.8 Å². The van der Waals surface area contributed by atoms with Crippen LogP contribution in [-0.4, -0.2) is 9.97 Å². The van der Waals surface area contributed by atoms with Crippen LogP contribution >= 0.6 is 15.9 Å². The van der Waals surface area contributed by atoms with E-state index in [1.807, 2.05) is 6.07 Å². The molecule has 0 radical (unpaired) electrons. The molecule has 17 heavy (non-hydrogen) atoms. The number of hydrogen-bond donors (Lipinski definition) is 2. The second-order valence-corrected chi connectivity index (χ2v) is 4.59. The Morgan fingerprint density at radius 2 is 2.12 bits per heavy atom. The first-order chi connectivity index (χ1) is 8.13. The maximum Gasteiger partial charge on any atom is 0.225 e. The summed E-state index contributed by atoms with van der Waals surface area (Å²) in [6, 6.07) is 9.94. The second kappa shape index (κ2) is 5.14. The molecule has 0 spiro atoms. The minimum absolute atomic E-state index is 0.443. The van der Waals surface area contributed by atoms with Gasteiger partial charge in [-0.3, -0.25) is 0 Å². The SMILES string of the molecule is Cc1cccc(CNc2nc(N)cc(Br)n2)c1. The number of nitrogens with zero attached hydrogens (tertiary/aromatic N) is 2. The number of hydrogen-bond acceptors (Lipinski definition) is 4. The summed E-state index contributed by atoms with van der Waals surface area (Å²) in [7, 11) is 0. The highest BCUT2D eigenvalue weighted by atomic mass is 79.9. The molecular weight excluding hydrogens is 280 g/mol. The van der Waals surface area contributed by atoms with Crippen molar-refractivity contribution < 1.29 is 0 Å². The van der Waals surface area contributed by atoms with E-state index in [2.05, 4.69) is 56.3 Å². The van der Waals surface area contributed by atoms with Crippen molar-refractivity contribution in [1.82, 2.24) is 9.97 Å². The minimum Gasteiger partial charge on any atom is -0.383 e. The molecule has 1 aromatic carbocycles. The molecule has 0 amide bonds. The molecule has 0 aliphatic heterocycles. The summed E-state index contributed by atoms with van der Waals surface area (Å²) in [5.74, 6) is 0.969. The summed E-state index contributed by atoms with van der Waals surface area (Å²) in [6.45, 7) is 2.74. The zero-order chi connectivity index (χ0) is 12.3. The van der Waals surface area contributed by atoms with Crippen molar-refractivity contribution in [2.24, 2.45) is 0 Å². The predicted molar refractivity (Wildman–Crippen MR) is 72.7 cm³/mol. The Kier molecular flexibility index (Phi) is 3.58. The van der Waals surface area contributed by atoms with Crippen molar-refractivity contribution >= 4 is 27.7 Å². The van der Waals surface area contributed by atoms with Gasteiger partial charge in [-0.2, -0.15) is 4.98 Å². The van der Waals surface area contributed by atoms with E-state index >= 15 is 0 Å². The molecule has 4 nitrogen and oxygen atoms in total. The van der Waals surface area contributed by atoms with Crippen LogP contribution in [-0.2, 0) is 6.54 Å². The number of nitrogen functional groups attached to an aromatic ring is 1. The van der Waals surface area contributed by atoms with Crippen LogP contribution in [0.3, 0.4) is 0 Å². The maximum atomic E-state index is 5.63. The third-order valence-corrected chi connectivity index (χ3v) is 2.65. The van der Waals surface area contributed by atoms with E-state index in [-0.39, 0.29) is 0 Å². The van der Waals surface area contributed by atoms with Crippen LogP contribution < -0.4 is 11.1 Å². The number of halogens is 1. The third-order valence-electron chi connectivity index (χ3n) is 2.25. The normalized spacial score (nSPS) is 10.2. The predicted octanol–water partition coefficient (Wildman–Crippen LogP) is 2.74. The van der Waals surface area contributed by atoms with Gasteiger partial charge in [-0.1, -0.05) is 29.8 Å². The summed E-state index contributed by atoms with van der Waals surface area (Å²) in [6.07, 6.45) is 0. The average molecular weight is 293 g/mol. The molecule has 0 atom stereocenters. The van der Waals surface area contributed by atoms with Crippen molar-refractivity contribution in [2.45, 2.75) is 13.5 Å². The largest absolute Gasteiger partial charge is 0.383 e. The zero-order valence-corrected chi connectivity index (χ0v) is 11.0. The van der Waals surface area contributed by atoms with Crippen LogP contribution in [0.15, 0.2) is 34.9 Å². The van der Waals surface area contributed by atoms with Crippen molar-refractivity contribution in [2.75, 3.05) is 11.1 Å². The quantitative estimate of drug-likeness (QED) is 0.854. The van der Waals surface area contributed by atoms with Crippen molar-refractivity contribution in [3.05, 3.63) is 46.1 Å². The lowest BCUT2D eigenvalue weighted by Gasteiger charge is -2.06. The van der Waals surface area contributed by atoms with Crippen LogP contribution in [0.1, 0.15) is 11.1 Å². The highest BCUT2D eigenvalue weighted by molar-refractivity contribution is 9.10. The first kappa shape index (κ1) is 11.9. The molecule has 0 aliphatic rings. The molecule has 0 bridgehead atoms. The zero-order valence-electron chi connectivity index (χ0n) is 9.44. The fourth-order valence-electron chi connectivity index (χ4n) is 1.52. The lowest BCUT2D eigenvalue weighted by atomic mass is 10.1. The van der Waals surface area contributed by atoms with E-state index < -0.39 is 0 Å². The standard InChI is InChI=1S/C12H13BrN4/c1-8-3-2-4-9(5-8)7-15-12-16-10(13)6-11(14)17-12/h2-6H,7H2,1H3,(H3,14,15,16,17). The molecule has 2 aromatic rings. The molecule has 0 fully saturated rings. The van der Waals surface area contributed by atoms with Gasteiger partial charge in [0.05, 0.1) is 0 Å². The molecule has 88 valence electrons. The summed E-state index contributed by atoms with van der Waals surface area (Å²) >= 11 is 3.28. The Bertz CT molecular complexity index is 507. The Morgan fingerprint density at radius 3 is 2.82 bits per heavy atom. The van der Waals surface area contributed by atoms with Gasteiger partial charge < -0.3 is 11.1 Å². The molecule has 0 aliphatic carbocycles. The fraction of sp³-hybridized carbons (Fsp3) is 0.167. The lowest BCUT2D eigenvalue weighted by Crippen LogP contribution is -2.05. The molecule has 1 heterocycles. The van der Waals surface area contributed by atoms with Gasteiger partial charge >= 0.3 is 0 Å². The van der Waals surface area contributed by atoms with Gasteiger partial charge in [0.2, 0.25) is 5.95 Å². The molecule has 1 aromatic heterocycles. The van der Waals surface area contributed by atoms with E-state index in [0.717, 1.165) is 0 Å². The van der Waals surface area contributed by atoms with Gasteiger partial charge in [-0.25, -0.2) is 4.98 Å². The number of aromatic nitrogens is 2. The monoisotopic (exact) mass is 292 g/mol. The fourth-order valence-corrected chi connectivity index (χ4v) is 1.92. The van der Waals surface area contributed by atoms with Crippen molar-refractivity contribution in [3.8, 4) is 0 Å². The number of aryl methyl sites for hydroxylation is 1. The molecule has 2 rings (SSSR count). The first-order valence-corrected chi connectivity index (χ1v) is 6.02. The number of nitrogens with two attached hydrogens (primary N) is 1. The van der Waals surface area contributed by atoms with Crippen LogP contribution in [0.25, 0.3) is 0 Å². The smallest absolute Gasteiger partial charge is 0.225 e. The van der Waals surface area contributed by atoms with Crippen molar-refractivity contribution in [3.63, 3.8) is 0 Å². The van der Waals surface area contributed by atoms with E-state index in [1.54, 1.807) is 6.07 Å². The highest BCUT2D eigenvalue weighted by Crippen LogP contribution is 2.13. The van der Waals surface area contributed by atoms with Gasteiger partial charge in [0.1, 0.15) is 10.4 Å². The number of nitrogens with one attached hydrogen (secondary N) is 1. The number of benzene rings is 1.